The second kappa shape index (κ2) is 9.43. The number of hydrogen-bond donors (Lipinski definition) is 2. The third-order valence-electron chi connectivity index (χ3n) is 4.10. The van der Waals surface area contributed by atoms with Crippen LogP contribution in [0.15, 0.2) is 53.4 Å². The van der Waals surface area contributed by atoms with Gasteiger partial charge in [-0.3, -0.25) is 20.4 Å². The van der Waals surface area contributed by atoms with E-state index in [9.17, 15) is 22.4 Å². The molecule has 0 saturated carbocycles. The lowest BCUT2D eigenvalue weighted by molar-refractivity contribution is -0.122. The Balaban J connectivity index is 1.79. The Morgan fingerprint density at radius 3 is 2.32 bits per heavy atom. The average molecular weight is 407 g/mol. The van der Waals surface area contributed by atoms with Crippen LogP contribution in [0.4, 0.5) is 4.39 Å². The molecule has 28 heavy (non-hydrogen) atoms. The summed E-state index contributed by atoms with van der Waals surface area (Å²) in [4.78, 5) is 23.9. The normalized spacial score (nSPS) is 11.3. The third kappa shape index (κ3) is 5.61. The van der Waals surface area contributed by atoms with Gasteiger partial charge in [0.05, 0.1) is 4.90 Å². The van der Waals surface area contributed by atoms with Crippen LogP contribution in [0, 0.1) is 12.7 Å². The van der Waals surface area contributed by atoms with Crippen molar-refractivity contribution in [2.24, 2.45) is 0 Å². The van der Waals surface area contributed by atoms with Crippen LogP contribution in [-0.2, 0) is 14.8 Å². The second-order valence-electron chi connectivity index (χ2n) is 6.20. The van der Waals surface area contributed by atoms with Crippen LogP contribution in [0.5, 0.6) is 0 Å². The summed E-state index contributed by atoms with van der Waals surface area (Å²) in [6, 6.07) is 11.5. The molecule has 2 rings (SSSR count). The standard InChI is InChI=1S/C19H22FN3O4S/c1-14-6-3-4-7-17(14)19(25)22-21-18(24)8-5-13-23(2)28(26,27)16-11-9-15(20)10-12-16/h3-4,6-7,9-12H,5,8,13H2,1-2H3,(H,21,24)(H,22,25). The number of hydrogen-bond acceptors (Lipinski definition) is 4. The van der Waals surface area contributed by atoms with Gasteiger partial charge in [-0.05, 0) is 49.2 Å². The Hall–Kier alpha value is -2.78. The molecule has 0 aliphatic rings. The number of amides is 2. The van der Waals surface area contributed by atoms with Gasteiger partial charge in [-0.1, -0.05) is 18.2 Å². The van der Waals surface area contributed by atoms with Crippen LogP contribution < -0.4 is 10.9 Å². The summed E-state index contributed by atoms with van der Waals surface area (Å²) >= 11 is 0. The van der Waals surface area contributed by atoms with Gasteiger partial charge in [0.15, 0.2) is 0 Å². The maximum absolute atomic E-state index is 12.9. The van der Waals surface area contributed by atoms with Crippen LogP contribution in [0.25, 0.3) is 0 Å². The van der Waals surface area contributed by atoms with Crippen LogP contribution in [0.2, 0.25) is 0 Å². The quantitative estimate of drug-likeness (QED) is 0.686. The van der Waals surface area contributed by atoms with Gasteiger partial charge in [0, 0.05) is 25.6 Å². The Morgan fingerprint density at radius 2 is 1.68 bits per heavy atom. The van der Waals surface area contributed by atoms with Gasteiger partial charge >= 0.3 is 0 Å². The molecule has 0 bridgehead atoms. The van der Waals surface area contributed by atoms with E-state index in [1.54, 1.807) is 31.2 Å². The van der Waals surface area contributed by atoms with Gasteiger partial charge in [-0.15, -0.1) is 0 Å². The smallest absolute Gasteiger partial charge is 0.269 e. The van der Waals surface area contributed by atoms with Crippen molar-refractivity contribution in [1.82, 2.24) is 15.2 Å². The van der Waals surface area contributed by atoms with Gasteiger partial charge in [0.25, 0.3) is 5.91 Å². The zero-order valence-electron chi connectivity index (χ0n) is 15.6. The molecule has 0 aromatic heterocycles. The van der Waals surface area contributed by atoms with Gasteiger partial charge in [0.2, 0.25) is 15.9 Å². The Bertz CT molecular complexity index is 946. The first kappa shape index (κ1) is 21.5. The molecule has 2 aromatic carbocycles. The van der Waals surface area contributed by atoms with E-state index >= 15 is 0 Å². The minimum absolute atomic E-state index is 0.0219. The fourth-order valence-electron chi connectivity index (χ4n) is 2.45. The van der Waals surface area contributed by atoms with Crippen LogP contribution in [0.3, 0.4) is 0 Å². The van der Waals surface area contributed by atoms with E-state index in [0.717, 1.165) is 22.0 Å². The first-order valence-corrected chi connectivity index (χ1v) is 10.0. The molecule has 0 aliphatic heterocycles. The highest BCUT2D eigenvalue weighted by Crippen LogP contribution is 2.15. The van der Waals surface area contributed by atoms with Gasteiger partial charge in [0.1, 0.15) is 5.82 Å². The van der Waals surface area contributed by atoms with E-state index in [2.05, 4.69) is 10.9 Å². The molecular formula is C19H22FN3O4S. The SMILES string of the molecule is Cc1ccccc1C(=O)NNC(=O)CCCN(C)S(=O)(=O)c1ccc(F)cc1. The number of rotatable bonds is 7. The molecule has 0 unspecified atom stereocenters. The highest BCUT2D eigenvalue weighted by molar-refractivity contribution is 7.89. The van der Waals surface area contributed by atoms with E-state index < -0.39 is 27.7 Å². The molecule has 0 aliphatic carbocycles. The summed E-state index contributed by atoms with van der Waals surface area (Å²) in [7, 11) is -2.37. The Kier molecular flexibility index (Phi) is 7.24. The monoisotopic (exact) mass is 407 g/mol. The number of nitrogens with zero attached hydrogens (tertiary/aromatic N) is 1. The molecular weight excluding hydrogens is 385 g/mol. The molecule has 2 N–H and O–H groups in total. The molecule has 150 valence electrons. The largest absolute Gasteiger partial charge is 0.273 e. The molecule has 9 heteroatoms. The molecule has 0 saturated heterocycles. The van der Waals surface area contributed by atoms with E-state index in [4.69, 9.17) is 0 Å². The Labute approximate surface area is 163 Å². The second-order valence-corrected chi connectivity index (χ2v) is 8.25. The van der Waals surface area contributed by atoms with Crippen molar-refractivity contribution in [3.05, 3.63) is 65.5 Å². The Morgan fingerprint density at radius 1 is 1.04 bits per heavy atom. The summed E-state index contributed by atoms with van der Waals surface area (Å²) in [6.45, 7) is 1.88. The number of nitrogens with one attached hydrogen (secondary N) is 2. The lowest BCUT2D eigenvalue weighted by Gasteiger charge is -2.17. The van der Waals surface area contributed by atoms with Crippen molar-refractivity contribution < 1.29 is 22.4 Å². The number of halogens is 1. The summed E-state index contributed by atoms with van der Waals surface area (Å²) in [6.07, 6.45) is 0.278. The lowest BCUT2D eigenvalue weighted by Crippen LogP contribution is -2.42. The lowest BCUT2D eigenvalue weighted by atomic mass is 10.1. The van der Waals surface area contributed by atoms with Crippen molar-refractivity contribution in [1.29, 1.82) is 0 Å². The van der Waals surface area contributed by atoms with Crippen LogP contribution in [-0.4, -0.2) is 38.1 Å². The van der Waals surface area contributed by atoms with Gasteiger partial charge in [-0.25, -0.2) is 17.1 Å². The van der Waals surface area contributed by atoms with Crippen molar-refractivity contribution in [3.63, 3.8) is 0 Å². The van der Waals surface area contributed by atoms with Crippen molar-refractivity contribution in [3.8, 4) is 0 Å². The fourth-order valence-corrected chi connectivity index (χ4v) is 3.66. The van der Waals surface area contributed by atoms with Crippen LogP contribution >= 0.6 is 0 Å². The zero-order valence-corrected chi connectivity index (χ0v) is 16.4. The van der Waals surface area contributed by atoms with Gasteiger partial charge < -0.3 is 0 Å². The highest BCUT2D eigenvalue weighted by atomic mass is 32.2. The molecule has 0 atom stereocenters. The number of sulfonamides is 1. The zero-order chi connectivity index (χ0) is 20.7. The molecule has 0 radical (unpaired) electrons. The van der Waals surface area contributed by atoms with E-state index in [1.807, 2.05) is 0 Å². The summed E-state index contributed by atoms with van der Waals surface area (Å²) in [5.74, 6) is -1.39. The van der Waals surface area contributed by atoms with Crippen LogP contribution in [0.1, 0.15) is 28.8 Å². The molecule has 0 heterocycles. The predicted molar refractivity (Wildman–Crippen MR) is 102 cm³/mol. The number of hydrazine groups is 1. The van der Waals surface area contributed by atoms with Crippen molar-refractivity contribution >= 4 is 21.8 Å². The van der Waals surface area contributed by atoms with Gasteiger partial charge in [-0.2, -0.15) is 0 Å². The molecule has 2 amide bonds. The number of aryl methyl sites for hydroxylation is 1. The molecule has 0 spiro atoms. The topological polar surface area (TPSA) is 95.6 Å². The number of benzene rings is 2. The first-order valence-electron chi connectivity index (χ1n) is 8.58. The fraction of sp³-hybridized carbons (Fsp3) is 0.263. The third-order valence-corrected chi connectivity index (χ3v) is 5.97. The molecule has 7 nitrogen and oxygen atoms in total. The summed E-state index contributed by atoms with van der Waals surface area (Å²) in [5, 5.41) is 0. The first-order chi connectivity index (χ1) is 13.2. The summed E-state index contributed by atoms with van der Waals surface area (Å²) < 4.78 is 38.8. The van der Waals surface area contributed by atoms with E-state index in [0.29, 0.717) is 5.56 Å². The molecule has 2 aromatic rings. The van der Waals surface area contributed by atoms with E-state index in [1.165, 1.54) is 19.2 Å². The van der Waals surface area contributed by atoms with Crippen molar-refractivity contribution in [2.75, 3.05) is 13.6 Å². The minimum atomic E-state index is -3.75. The maximum Gasteiger partial charge on any atom is 0.269 e. The molecule has 0 fully saturated rings. The highest BCUT2D eigenvalue weighted by Gasteiger charge is 2.20. The maximum atomic E-state index is 12.9. The predicted octanol–water partition coefficient (Wildman–Crippen LogP) is 2.00. The van der Waals surface area contributed by atoms with E-state index in [-0.39, 0.29) is 24.3 Å². The number of carbonyl (C=O) groups excluding carboxylic acids is 2. The van der Waals surface area contributed by atoms with Crippen molar-refractivity contribution in [2.45, 2.75) is 24.7 Å². The minimum Gasteiger partial charge on any atom is -0.273 e. The average Bonchev–Trinajstić information content (AvgIpc) is 2.66. The summed E-state index contributed by atoms with van der Waals surface area (Å²) in [5.41, 5.74) is 5.87. The number of carbonyl (C=O) groups is 2.